The van der Waals surface area contributed by atoms with Crippen LogP contribution in [0.5, 0.6) is 0 Å². The smallest absolute Gasteiger partial charge is 0.248 e. The quantitative estimate of drug-likeness (QED) is 0.395. The molecule has 3 heterocycles. The summed E-state index contributed by atoms with van der Waals surface area (Å²) in [5, 5.41) is 12.7. The third-order valence-electron chi connectivity index (χ3n) is 6.53. The van der Waals surface area contributed by atoms with Gasteiger partial charge in [-0.25, -0.2) is 9.45 Å². The first kappa shape index (κ1) is 19.0. The van der Waals surface area contributed by atoms with E-state index in [2.05, 4.69) is 15.3 Å². The van der Waals surface area contributed by atoms with Gasteiger partial charge in [-0.1, -0.05) is 6.42 Å². The van der Waals surface area contributed by atoms with E-state index in [1.807, 2.05) is 0 Å². The summed E-state index contributed by atoms with van der Waals surface area (Å²) in [6, 6.07) is -0.938. The van der Waals surface area contributed by atoms with Gasteiger partial charge in [0, 0.05) is 6.42 Å². The molecule has 2 saturated heterocycles. The van der Waals surface area contributed by atoms with Gasteiger partial charge in [0.2, 0.25) is 18.2 Å². The Kier molecular flexibility index (Phi) is 4.90. The maximum Gasteiger partial charge on any atom is 0.248 e. The van der Waals surface area contributed by atoms with Gasteiger partial charge in [-0.2, -0.15) is 0 Å². The number of amidine groups is 1. The van der Waals surface area contributed by atoms with Gasteiger partial charge < -0.3 is 10.2 Å². The fourth-order valence-corrected chi connectivity index (χ4v) is 5.43. The predicted molar refractivity (Wildman–Crippen MR) is 96.7 cm³/mol. The minimum atomic E-state index is -1.28. The Balaban J connectivity index is 1.61. The number of carbonyl (C=O) groups excluding carboxylic acids is 3. The van der Waals surface area contributed by atoms with Gasteiger partial charge >= 0.3 is 0 Å². The number of amides is 3. The van der Waals surface area contributed by atoms with Gasteiger partial charge in [0.05, 0.1) is 37.3 Å². The van der Waals surface area contributed by atoms with Gasteiger partial charge in [-0.05, 0) is 25.2 Å². The molecule has 152 valence electrons. The lowest BCUT2D eigenvalue weighted by Gasteiger charge is -2.49. The van der Waals surface area contributed by atoms with Gasteiger partial charge in [-0.15, -0.1) is 0 Å². The Morgan fingerprint density at radius 2 is 2.29 bits per heavy atom. The highest BCUT2D eigenvalue weighted by Crippen LogP contribution is 2.56. The molecule has 9 nitrogen and oxygen atoms in total. The zero-order chi connectivity index (χ0) is 19.9. The van der Waals surface area contributed by atoms with Crippen LogP contribution in [0, 0.1) is 11.8 Å². The van der Waals surface area contributed by atoms with Gasteiger partial charge in [-0.3, -0.25) is 29.6 Å². The largest absolute Gasteiger partial charge is 0.321 e. The van der Waals surface area contributed by atoms with E-state index in [1.54, 1.807) is 0 Å². The van der Waals surface area contributed by atoms with Gasteiger partial charge in [0.15, 0.2) is 0 Å². The molecule has 4 aliphatic rings. The third kappa shape index (κ3) is 2.90. The molecule has 3 amide bonds. The van der Waals surface area contributed by atoms with Crippen LogP contribution in [-0.4, -0.2) is 82.8 Å². The topological polar surface area (TPSA) is 115 Å². The molecule has 4 rings (SSSR count). The van der Waals surface area contributed by atoms with E-state index >= 15 is 4.39 Å². The first-order valence-electron chi connectivity index (χ1n) is 9.70. The van der Waals surface area contributed by atoms with Crippen molar-refractivity contribution in [1.82, 2.24) is 15.3 Å². The number of hydrogen-bond acceptors (Lipinski definition) is 6. The fourth-order valence-electron chi connectivity index (χ4n) is 5.43. The minimum absolute atomic E-state index is 0.0538. The Bertz CT molecular complexity index is 743. The van der Waals surface area contributed by atoms with Crippen molar-refractivity contribution in [1.29, 1.82) is 0 Å². The molecule has 10 heteroatoms. The summed E-state index contributed by atoms with van der Waals surface area (Å²) < 4.78 is 15.3. The molecule has 0 aromatic heterocycles. The highest BCUT2D eigenvalue weighted by Gasteiger charge is 2.66. The van der Waals surface area contributed by atoms with E-state index < -0.39 is 29.6 Å². The van der Waals surface area contributed by atoms with Crippen LogP contribution in [0.1, 0.15) is 32.1 Å². The Morgan fingerprint density at radius 1 is 1.46 bits per heavy atom. The number of aliphatic imine (C=N–C) groups is 2. The molecule has 0 bridgehead atoms. The summed E-state index contributed by atoms with van der Waals surface area (Å²) in [6.07, 6.45) is 2.87. The SMILES string of the molecule is O=CN(O)C[C@H]1CC2CCCC23[C@H](F)C[C@@H](C(=O)NC2=NCCN=C2)N3C1=O. The molecule has 1 saturated carbocycles. The summed E-state index contributed by atoms with van der Waals surface area (Å²) in [5.41, 5.74) is -0.959. The Labute approximate surface area is 161 Å². The molecule has 5 atom stereocenters. The van der Waals surface area contributed by atoms with E-state index in [4.69, 9.17) is 0 Å². The van der Waals surface area contributed by atoms with Crippen molar-refractivity contribution in [3.8, 4) is 0 Å². The Morgan fingerprint density at radius 3 is 3.00 bits per heavy atom. The number of nitrogens with zero attached hydrogens (tertiary/aromatic N) is 4. The number of nitrogens with one attached hydrogen (secondary N) is 1. The van der Waals surface area contributed by atoms with E-state index in [1.165, 1.54) is 11.1 Å². The van der Waals surface area contributed by atoms with Gasteiger partial charge in [0.1, 0.15) is 18.0 Å². The second-order valence-corrected chi connectivity index (χ2v) is 7.96. The first-order valence-corrected chi connectivity index (χ1v) is 9.70. The highest BCUT2D eigenvalue weighted by molar-refractivity contribution is 6.33. The number of piperidine rings is 1. The summed E-state index contributed by atoms with van der Waals surface area (Å²) in [7, 11) is 0. The zero-order valence-electron chi connectivity index (χ0n) is 15.5. The molecule has 3 aliphatic heterocycles. The van der Waals surface area contributed by atoms with Crippen LogP contribution in [0.4, 0.5) is 4.39 Å². The maximum atomic E-state index is 15.3. The molecule has 3 fully saturated rings. The van der Waals surface area contributed by atoms with Crippen LogP contribution >= 0.6 is 0 Å². The van der Waals surface area contributed by atoms with Crippen LogP contribution < -0.4 is 5.32 Å². The van der Waals surface area contributed by atoms with E-state index in [0.29, 0.717) is 36.8 Å². The van der Waals surface area contributed by atoms with Crippen molar-refractivity contribution in [2.24, 2.45) is 21.8 Å². The second-order valence-electron chi connectivity index (χ2n) is 7.96. The molecular weight excluding hydrogens is 369 g/mol. The van der Waals surface area contributed by atoms with Crippen LogP contribution in [0.2, 0.25) is 0 Å². The molecular formula is C18H24FN5O4. The summed E-state index contributed by atoms with van der Waals surface area (Å²) >= 11 is 0. The number of alkyl halides is 1. The summed E-state index contributed by atoms with van der Waals surface area (Å²) in [4.78, 5) is 46.6. The molecule has 0 radical (unpaired) electrons. The van der Waals surface area contributed by atoms with Crippen molar-refractivity contribution < 1.29 is 24.0 Å². The molecule has 28 heavy (non-hydrogen) atoms. The molecule has 0 aromatic carbocycles. The summed E-state index contributed by atoms with van der Waals surface area (Å²) in [5.74, 6) is -1.27. The van der Waals surface area contributed by atoms with Crippen LogP contribution in [0.3, 0.4) is 0 Å². The second kappa shape index (κ2) is 7.23. The van der Waals surface area contributed by atoms with Crippen LogP contribution in [-0.2, 0) is 14.4 Å². The van der Waals surface area contributed by atoms with Crippen LogP contribution in [0.15, 0.2) is 9.98 Å². The molecule has 1 aliphatic carbocycles. The van der Waals surface area contributed by atoms with Crippen molar-refractivity contribution in [2.45, 2.75) is 49.9 Å². The number of halogens is 1. The third-order valence-corrected chi connectivity index (χ3v) is 6.53. The average Bonchev–Trinajstić information content (AvgIpc) is 3.24. The predicted octanol–water partition coefficient (Wildman–Crippen LogP) is -0.0691. The zero-order valence-corrected chi connectivity index (χ0v) is 15.5. The van der Waals surface area contributed by atoms with E-state index in [0.717, 1.165) is 12.8 Å². The first-order chi connectivity index (χ1) is 13.5. The molecule has 1 spiro atoms. The lowest BCUT2D eigenvalue weighted by molar-refractivity contribution is -0.168. The normalized spacial score (nSPS) is 36.6. The standard InChI is InChI=1S/C18H24FN5O4/c19-14-7-13(16(26)22-15-8-20-4-5-21-15)24-17(27)11(9-23(28)10-25)6-12-2-1-3-18(12,14)24/h8,10-14,28H,1-7,9H2,(H,21,22,26)/t11-,12?,13+,14-,18?/m1/s1. The highest BCUT2D eigenvalue weighted by atomic mass is 19.1. The fraction of sp³-hybridized carbons (Fsp3) is 0.722. The number of rotatable bonds is 4. The van der Waals surface area contributed by atoms with E-state index in [-0.39, 0.29) is 31.2 Å². The van der Waals surface area contributed by atoms with Crippen molar-refractivity contribution in [3.63, 3.8) is 0 Å². The average molecular weight is 393 g/mol. The molecule has 2 N–H and O–H groups in total. The Hall–Kier alpha value is -2.36. The molecule has 2 unspecified atom stereocenters. The lowest BCUT2D eigenvalue weighted by Crippen LogP contribution is -2.64. The molecule has 0 aromatic rings. The summed E-state index contributed by atoms with van der Waals surface area (Å²) in [6.45, 7) is 0.869. The number of hydroxylamine groups is 2. The van der Waals surface area contributed by atoms with Crippen molar-refractivity contribution in [2.75, 3.05) is 19.6 Å². The van der Waals surface area contributed by atoms with Gasteiger partial charge in [0.25, 0.3) is 0 Å². The number of carbonyl (C=O) groups is 3. The number of hydrogen-bond donors (Lipinski definition) is 2. The van der Waals surface area contributed by atoms with Crippen molar-refractivity contribution in [3.05, 3.63) is 0 Å². The van der Waals surface area contributed by atoms with Crippen molar-refractivity contribution >= 4 is 30.3 Å². The van der Waals surface area contributed by atoms with Crippen LogP contribution in [0.25, 0.3) is 0 Å². The van der Waals surface area contributed by atoms with E-state index in [9.17, 15) is 19.6 Å². The maximum absolute atomic E-state index is 15.3. The lowest BCUT2D eigenvalue weighted by atomic mass is 9.74. The monoisotopic (exact) mass is 393 g/mol. The minimum Gasteiger partial charge on any atom is -0.321 e.